The monoisotopic (exact) mass is 419 g/mol. The molecule has 3 aromatic heterocycles. The van der Waals surface area contributed by atoms with Crippen LogP contribution in [0.15, 0.2) is 36.7 Å². The molecule has 0 aliphatic heterocycles. The van der Waals surface area contributed by atoms with Crippen LogP contribution in [0.2, 0.25) is 0 Å². The van der Waals surface area contributed by atoms with Crippen LogP contribution in [0, 0.1) is 5.82 Å². The maximum absolute atomic E-state index is 14.1. The number of amides is 1. The molecule has 1 fully saturated rings. The molecule has 2 N–H and O–H groups in total. The third-order valence-corrected chi connectivity index (χ3v) is 5.69. The first kappa shape index (κ1) is 19.3. The molecule has 8 nitrogen and oxygen atoms in total. The van der Waals surface area contributed by atoms with Crippen LogP contribution in [0.4, 0.5) is 4.39 Å². The Morgan fingerprint density at radius 3 is 2.90 bits per heavy atom. The number of hydrogen-bond acceptors (Lipinski definition) is 5. The van der Waals surface area contributed by atoms with Gasteiger partial charge in [0.2, 0.25) is 0 Å². The molecule has 1 aliphatic carbocycles. The van der Waals surface area contributed by atoms with Gasteiger partial charge in [0.15, 0.2) is 5.69 Å². The van der Waals surface area contributed by atoms with Crippen LogP contribution < -0.4 is 5.32 Å². The van der Waals surface area contributed by atoms with Crippen LogP contribution in [0.1, 0.15) is 53.5 Å². The number of carbonyl (C=O) groups excluding carboxylic acids is 1. The number of pyridine rings is 1. The molecule has 0 radical (unpaired) electrons. The number of carbonyl (C=O) groups is 1. The maximum Gasteiger partial charge on any atom is 0.272 e. The van der Waals surface area contributed by atoms with Crippen LogP contribution >= 0.6 is 0 Å². The van der Waals surface area contributed by atoms with E-state index < -0.39 is 5.82 Å². The summed E-state index contributed by atoms with van der Waals surface area (Å²) in [4.78, 5) is 25.1. The van der Waals surface area contributed by atoms with Crippen molar-refractivity contribution in [3.05, 3.63) is 59.6 Å². The summed E-state index contributed by atoms with van der Waals surface area (Å²) in [6, 6.07) is 6.40. The van der Waals surface area contributed by atoms with Gasteiger partial charge in [0.05, 0.1) is 11.7 Å². The minimum Gasteiger partial charge on any atom is -0.347 e. The molecule has 0 bridgehead atoms. The molecule has 1 saturated carbocycles. The summed E-state index contributed by atoms with van der Waals surface area (Å²) >= 11 is 0. The zero-order valence-electron chi connectivity index (χ0n) is 17.1. The number of nitrogens with zero attached hydrogens (tertiary/aromatic N) is 5. The van der Waals surface area contributed by atoms with Crippen LogP contribution in [0.3, 0.4) is 0 Å². The van der Waals surface area contributed by atoms with Crippen molar-refractivity contribution in [1.29, 1.82) is 0 Å². The Morgan fingerprint density at radius 1 is 1.29 bits per heavy atom. The van der Waals surface area contributed by atoms with Gasteiger partial charge in [-0.25, -0.2) is 14.4 Å². The van der Waals surface area contributed by atoms with E-state index in [1.807, 2.05) is 6.07 Å². The first-order chi connectivity index (χ1) is 15.1. The Balaban J connectivity index is 1.36. The van der Waals surface area contributed by atoms with E-state index in [1.54, 1.807) is 30.2 Å². The first-order valence-electron chi connectivity index (χ1n) is 10.4. The Labute approximate surface area is 177 Å². The lowest BCUT2D eigenvalue weighted by Gasteiger charge is -2.07. The number of imidazole rings is 1. The molecule has 4 aromatic rings. The Kier molecular flexibility index (Phi) is 4.93. The largest absolute Gasteiger partial charge is 0.347 e. The number of aryl methyl sites for hydroxylation is 1. The van der Waals surface area contributed by atoms with Crippen LogP contribution in [-0.4, -0.2) is 35.9 Å². The van der Waals surface area contributed by atoms with E-state index in [-0.39, 0.29) is 18.1 Å². The number of nitrogens with one attached hydrogen (secondary N) is 2. The van der Waals surface area contributed by atoms with E-state index in [1.165, 1.54) is 25.0 Å². The van der Waals surface area contributed by atoms with Gasteiger partial charge in [-0.2, -0.15) is 0 Å². The molecular formula is C22H22FN7O. The maximum atomic E-state index is 14.1. The van der Waals surface area contributed by atoms with Crippen LogP contribution in [0.25, 0.3) is 22.3 Å². The number of aromatic amines is 1. The highest BCUT2D eigenvalue weighted by Crippen LogP contribution is 2.33. The van der Waals surface area contributed by atoms with Crippen molar-refractivity contribution in [3.63, 3.8) is 0 Å². The normalized spacial score (nSPS) is 14.4. The molecular weight excluding hydrogens is 397 g/mol. The minimum absolute atomic E-state index is 0.155. The van der Waals surface area contributed by atoms with Gasteiger partial charge in [0.1, 0.15) is 22.9 Å². The van der Waals surface area contributed by atoms with E-state index in [0.29, 0.717) is 28.3 Å². The molecule has 1 amide bonds. The topological polar surface area (TPSA) is 101 Å². The zero-order valence-corrected chi connectivity index (χ0v) is 17.1. The third kappa shape index (κ3) is 3.90. The van der Waals surface area contributed by atoms with Crippen molar-refractivity contribution < 1.29 is 9.18 Å². The van der Waals surface area contributed by atoms with Gasteiger partial charge in [-0.05, 0) is 42.7 Å². The lowest BCUT2D eigenvalue weighted by molar-refractivity contribution is 0.0947. The summed E-state index contributed by atoms with van der Waals surface area (Å²) in [5, 5.41) is 10.7. The number of benzene rings is 1. The summed E-state index contributed by atoms with van der Waals surface area (Å²) in [6.07, 6.45) is 7.95. The van der Waals surface area contributed by atoms with Gasteiger partial charge < -0.3 is 10.3 Å². The lowest BCUT2D eigenvalue weighted by Crippen LogP contribution is -2.24. The SMILES string of the molecule is Cn1cc(-c2cc(F)cc(CNC(=O)c3nccc4[nH]c(C5CCCC5)nc34)c2)nn1. The van der Waals surface area contributed by atoms with Crippen LogP contribution in [0.5, 0.6) is 0 Å². The molecule has 0 unspecified atom stereocenters. The molecule has 3 heterocycles. The molecule has 1 aromatic carbocycles. The molecule has 0 saturated heterocycles. The summed E-state index contributed by atoms with van der Waals surface area (Å²) in [6.45, 7) is 0.155. The van der Waals surface area contributed by atoms with Crippen molar-refractivity contribution in [3.8, 4) is 11.3 Å². The van der Waals surface area contributed by atoms with Gasteiger partial charge in [-0.15, -0.1) is 5.10 Å². The highest BCUT2D eigenvalue weighted by atomic mass is 19.1. The second-order valence-corrected chi connectivity index (χ2v) is 7.97. The van der Waals surface area contributed by atoms with Crippen molar-refractivity contribution in [1.82, 2.24) is 35.3 Å². The molecule has 158 valence electrons. The summed E-state index contributed by atoms with van der Waals surface area (Å²) < 4.78 is 15.7. The number of fused-ring (bicyclic) bond motifs is 1. The molecule has 31 heavy (non-hydrogen) atoms. The highest BCUT2D eigenvalue weighted by Gasteiger charge is 2.22. The zero-order chi connectivity index (χ0) is 21.4. The van der Waals surface area contributed by atoms with E-state index in [9.17, 15) is 9.18 Å². The minimum atomic E-state index is -0.402. The number of rotatable bonds is 5. The van der Waals surface area contributed by atoms with E-state index in [2.05, 4.69) is 30.6 Å². The summed E-state index contributed by atoms with van der Waals surface area (Å²) in [5.74, 6) is 0.588. The molecule has 5 rings (SSSR count). The molecule has 9 heteroatoms. The lowest BCUT2D eigenvalue weighted by atomic mass is 10.1. The average Bonchev–Trinajstić information content (AvgIpc) is 3.51. The van der Waals surface area contributed by atoms with Crippen molar-refractivity contribution >= 4 is 16.9 Å². The second kappa shape index (κ2) is 7.90. The number of aromatic nitrogens is 6. The van der Waals surface area contributed by atoms with E-state index in [4.69, 9.17) is 0 Å². The highest BCUT2D eigenvalue weighted by molar-refractivity contribution is 6.02. The van der Waals surface area contributed by atoms with Crippen molar-refractivity contribution in [2.24, 2.45) is 7.05 Å². The van der Waals surface area contributed by atoms with Crippen molar-refractivity contribution in [2.75, 3.05) is 0 Å². The number of H-pyrrole nitrogens is 1. The predicted octanol–water partition coefficient (Wildman–Crippen LogP) is 3.48. The number of halogens is 1. The summed E-state index contributed by atoms with van der Waals surface area (Å²) in [5.41, 5.74) is 3.43. The van der Waals surface area contributed by atoms with Gasteiger partial charge in [-0.1, -0.05) is 18.1 Å². The van der Waals surface area contributed by atoms with Gasteiger partial charge in [0, 0.05) is 31.3 Å². The van der Waals surface area contributed by atoms with E-state index >= 15 is 0 Å². The Bertz CT molecular complexity index is 1260. The third-order valence-electron chi connectivity index (χ3n) is 5.69. The molecule has 0 atom stereocenters. The molecule has 0 spiro atoms. The Hall–Kier alpha value is -3.62. The van der Waals surface area contributed by atoms with Gasteiger partial charge in [0.25, 0.3) is 5.91 Å². The smallest absolute Gasteiger partial charge is 0.272 e. The Morgan fingerprint density at radius 2 is 2.13 bits per heavy atom. The fraction of sp³-hybridized carbons (Fsp3) is 0.318. The average molecular weight is 419 g/mol. The fourth-order valence-corrected chi connectivity index (χ4v) is 4.16. The predicted molar refractivity (Wildman–Crippen MR) is 113 cm³/mol. The van der Waals surface area contributed by atoms with Crippen molar-refractivity contribution in [2.45, 2.75) is 38.1 Å². The molecule has 1 aliphatic rings. The van der Waals surface area contributed by atoms with E-state index in [0.717, 1.165) is 24.2 Å². The quantitative estimate of drug-likeness (QED) is 0.516. The van der Waals surface area contributed by atoms with Crippen LogP contribution in [-0.2, 0) is 13.6 Å². The standard InChI is InChI=1S/C22H22FN7O/c1-30-12-18(28-29-30)15-8-13(9-16(23)10-15)11-25-22(31)20-19-17(6-7-24-20)26-21(27-19)14-4-2-3-5-14/h6-10,12,14H,2-5,11H2,1H3,(H,25,31)(H,26,27). The van der Waals surface area contributed by atoms with Gasteiger partial charge >= 0.3 is 0 Å². The first-order valence-corrected chi connectivity index (χ1v) is 10.4. The number of hydrogen-bond donors (Lipinski definition) is 2. The summed E-state index contributed by atoms with van der Waals surface area (Å²) in [7, 11) is 1.75. The van der Waals surface area contributed by atoms with Gasteiger partial charge in [-0.3, -0.25) is 9.48 Å². The second-order valence-electron chi connectivity index (χ2n) is 7.97. The fourth-order valence-electron chi connectivity index (χ4n) is 4.16.